The number of aliphatic carboxylic acids is 1. The molecular weight excluding hydrogens is 326 g/mol. The molecule has 1 saturated carbocycles. The smallest absolute Gasteiger partial charge is 0.308 e. The summed E-state index contributed by atoms with van der Waals surface area (Å²) in [6.45, 7) is 1.18. The normalized spacial score (nSPS) is 20.0. The summed E-state index contributed by atoms with van der Waals surface area (Å²) in [7, 11) is 1.57. The lowest BCUT2D eigenvalue weighted by molar-refractivity contribution is -0.147. The number of carbonyl (C=O) groups is 4. The summed E-state index contributed by atoms with van der Waals surface area (Å²) in [5.41, 5.74) is 0. The van der Waals surface area contributed by atoms with Gasteiger partial charge in [-0.05, 0) is 32.1 Å². The molecule has 0 spiro atoms. The highest BCUT2D eigenvalue weighted by Gasteiger charge is 2.30. The van der Waals surface area contributed by atoms with Gasteiger partial charge in [-0.25, -0.2) is 0 Å². The highest BCUT2D eigenvalue weighted by atomic mass is 16.4. The average molecular weight is 353 g/mol. The fourth-order valence-corrected chi connectivity index (χ4v) is 2.93. The van der Waals surface area contributed by atoms with Gasteiger partial charge >= 0.3 is 5.97 Å². The second-order valence-electron chi connectivity index (χ2n) is 6.94. The van der Waals surface area contributed by atoms with Crippen molar-refractivity contribution in [2.24, 2.45) is 11.8 Å². The summed E-state index contributed by atoms with van der Waals surface area (Å²) in [4.78, 5) is 49.8. The summed E-state index contributed by atoms with van der Waals surface area (Å²) >= 11 is 0. The van der Waals surface area contributed by atoms with Gasteiger partial charge in [0.15, 0.2) is 0 Å². The van der Waals surface area contributed by atoms with Gasteiger partial charge in [0.05, 0.1) is 12.5 Å². The van der Waals surface area contributed by atoms with Crippen LogP contribution in [0.2, 0.25) is 0 Å². The molecule has 3 amide bonds. The number of hydrogen-bond acceptors (Lipinski definition) is 4. The number of carboxylic acids is 1. The number of nitrogens with one attached hydrogen (secondary N) is 1. The number of likely N-dealkylation sites (N-methyl/N-ethyl adjacent to an activating group) is 1. The Hall–Kier alpha value is -2.12. The van der Waals surface area contributed by atoms with E-state index in [2.05, 4.69) is 5.32 Å². The number of carbonyl (C=O) groups excluding carboxylic acids is 3. The van der Waals surface area contributed by atoms with E-state index < -0.39 is 11.9 Å². The fourth-order valence-electron chi connectivity index (χ4n) is 2.93. The zero-order chi connectivity index (χ0) is 18.4. The molecule has 2 aliphatic rings. The van der Waals surface area contributed by atoms with Gasteiger partial charge in [-0.2, -0.15) is 0 Å². The first-order valence-corrected chi connectivity index (χ1v) is 8.90. The maximum absolute atomic E-state index is 12.3. The molecule has 0 radical (unpaired) electrons. The quantitative estimate of drug-likeness (QED) is 0.601. The molecule has 140 valence electrons. The van der Waals surface area contributed by atoms with Gasteiger partial charge in [0, 0.05) is 39.0 Å². The van der Waals surface area contributed by atoms with E-state index in [9.17, 15) is 19.2 Å². The van der Waals surface area contributed by atoms with Crippen LogP contribution in [0.15, 0.2) is 0 Å². The molecule has 1 aliphatic heterocycles. The first kappa shape index (κ1) is 19.2. The van der Waals surface area contributed by atoms with E-state index in [4.69, 9.17) is 5.11 Å². The van der Waals surface area contributed by atoms with E-state index in [0.717, 1.165) is 12.8 Å². The minimum absolute atomic E-state index is 0.0421. The first-order valence-electron chi connectivity index (χ1n) is 8.90. The van der Waals surface area contributed by atoms with Gasteiger partial charge in [-0.3, -0.25) is 19.2 Å². The summed E-state index contributed by atoms with van der Waals surface area (Å²) in [5, 5.41) is 11.9. The van der Waals surface area contributed by atoms with E-state index >= 15 is 0 Å². The van der Waals surface area contributed by atoms with E-state index in [1.54, 1.807) is 7.05 Å². The van der Waals surface area contributed by atoms with Crippen LogP contribution in [0, 0.1) is 11.8 Å². The molecule has 8 nitrogen and oxygen atoms in total. The van der Waals surface area contributed by atoms with E-state index in [1.807, 2.05) is 0 Å². The highest BCUT2D eigenvalue weighted by Crippen LogP contribution is 2.28. The lowest BCUT2D eigenvalue weighted by Crippen LogP contribution is -2.46. The number of nitrogens with zero attached hydrogens (tertiary/aromatic N) is 2. The summed E-state index contributed by atoms with van der Waals surface area (Å²) in [6, 6.07) is 0. The second-order valence-corrected chi connectivity index (χ2v) is 6.94. The number of hydrogen-bond donors (Lipinski definition) is 2. The van der Waals surface area contributed by atoms with Crippen LogP contribution < -0.4 is 5.32 Å². The zero-order valence-corrected chi connectivity index (χ0v) is 14.7. The van der Waals surface area contributed by atoms with Crippen LogP contribution in [0.4, 0.5) is 0 Å². The maximum Gasteiger partial charge on any atom is 0.308 e. The third kappa shape index (κ3) is 6.03. The van der Waals surface area contributed by atoms with Crippen LogP contribution in [-0.2, 0) is 19.2 Å². The molecule has 0 aromatic heterocycles. The van der Waals surface area contributed by atoms with Crippen molar-refractivity contribution in [3.63, 3.8) is 0 Å². The SMILES string of the molecule is CN(CC(=O)N1CCCC(C(=O)O)C1)C(=O)CCCNC(=O)C1CC1. The fraction of sp³-hybridized carbons (Fsp3) is 0.765. The van der Waals surface area contributed by atoms with Crippen LogP contribution >= 0.6 is 0 Å². The largest absolute Gasteiger partial charge is 0.481 e. The third-order valence-corrected chi connectivity index (χ3v) is 4.74. The van der Waals surface area contributed by atoms with Gasteiger partial charge in [0.1, 0.15) is 0 Å². The third-order valence-electron chi connectivity index (χ3n) is 4.74. The Morgan fingerprint density at radius 3 is 2.52 bits per heavy atom. The summed E-state index contributed by atoms with van der Waals surface area (Å²) in [5.74, 6) is -1.54. The van der Waals surface area contributed by atoms with E-state index in [0.29, 0.717) is 32.4 Å². The van der Waals surface area contributed by atoms with E-state index in [-0.39, 0.29) is 43.1 Å². The van der Waals surface area contributed by atoms with Gasteiger partial charge in [-0.15, -0.1) is 0 Å². The Bertz CT molecular complexity index is 532. The molecule has 1 unspecified atom stereocenters. The van der Waals surface area contributed by atoms with Crippen molar-refractivity contribution in [2.75, 3.05) is 33.2 Å². The predicted octanol–water partition coefficient (Wildman–Crippen LogP) is 0.0744. The van der Waals surface area contributed by atoms with Crippen molar-refractivity contribution in [2.45, 2.75) is 38.5 Å². The Kier molecular flexibility index (Phi) is 6.78. The molecule has 1 atom stereocenters. The van der Waals surface area contributed by atoms with Crippen molar-refractivity contribution in [3.05, 3.63) is 0 Å². The topological polar surface area (TPSA) is 107 Å². The van der Waals surface area contributed by atoms with Crippen LogP contribution in [0.1, 0.15) is 38.5 Å². The molecule has 1 aliphatic carbocycles. The van der Waals surface area contributed by atoms with Crippen molar-refractivity contribution in [1.82, 2.24) is 15.1 Å². The van der Waals surface area contributed by atoms with Crippen molar-refractivity contribution in [3.8, 4) is 0 Å². The highest BCUT2D eigenvalue weighted by molar-refractivity contribution is 5.85. The van der Waals surface area contributed by atoms with Gasteiger partial charge in [0.2, 0.25) is 17.7 Å². The van der Waals surface area contributed by atoms with E-state index in [1.165, 1.54) is 9.80 Å². The molecule has 0 aromatic carbocycles. The molecule has 2 rings (SSSR count). The van der Waals surface area contributed by atoms with Gasteiger partial charge < -0.3 is 20.2 Å². The molecule has 1 heterocycles. The zero-order valence-electron chi connectivity index (χ0n) is 14.7. The van der Waals surface area contributed by atoms with Crippen LogP contribution in [0.3, 0.4) is 0 Å². The first-order chi connectivity index (χ1) is 11.9. The molecule has 0 bridgehead atoms. The van der Waals surface area contributed by atoms with Crippen molar-refractivity contribution < 1.29 is 24.3 Å². The molecular formula is C17H27N3O5. The lowest BCUT2D eigenvalue weighted by atomic mass is 9.98. The van der Waals surface area contributed by atoms with Crippen LogP contribution in [-0.4, -0.2) is 71.8 Å². The minimum atomic E-state index is -0.879. The second kappa shape index (κ2) is 8.82. The maximum atomic E-state index is 12.3. The Labute approximate surface area is 147 Å². The number of piperidine rings is 1. The van der Waals surface area contributed by atoms with Gasteiger partial charge in [-0.1, -0.05) is 0 Å². The Morgan fingerprint density at radius 1 is 1.16 bits per heavy atom. The van der Waals surface area contributed by atoms with Crippen molar-refractivity contribution >= 4 is 23.7 Å². The Balaban J connectivity index is 1.66. The standard InChI is InChI=1S/C17H27N3O5/c1-19(14(21)5-2-8-18-16(23)12-6-7-12)11-15(22)20-9-3-4-13(10-20)17(24)25/h12-13H,2-11H2,1H3,(H,18,23)(H,24,25). The van der Waals surface area contributed by atoms with Crippen LogP contribution in [0.5, 0.6) is 0 Å². The number of amides is 3. The molecule has 25 heavy (non-hydrogen) atoms. The summed E-state index contributed by atoms with van der Waals surface area (Å²) < 4.78 is 0. The minimum Gasteiger partial charge on any atom is -0.481 e. The van der Waals surface area contributed by atoms with Crippen LogP contribution in [0.25, 0.3) is 0 Å². The lowest BCUT2D eigenvalue weighted by Gasteiger charge is -2.32. The monoisotopic (exact) mass is 353 g/mol. The number of likely N-dealkylation sites (tertiary alicyclic amines) is 1. The predicted molar refractivity (Wildman–Crippen MR) is 89.5 cm³/mol. The summed E-state index contributed by atoms with van der Waals surface area (Å²) in [6.07, 6.45) is 3.97. The molecule has 2 fully saturated rings. The number of carboxylic acid groups (broad SMARTS) is 1. The van der Waals surface area contributed by atoms with Crippen molar-refractivity contribution in [1.29, 1.82) is 0 Å². The molecule has 0 aromatic rings. The number of rotatable bonds is 8. The molecule has 8 heteroatoms. The Morgan fingerprint density at radius 2 is 1.88 bits per heavy atom. The molecule has 1 saturated heterocycles. The average Bonchev–Trinajstić information content (AvgIpc) is 3.43. The van der Waals surface area contributed by atoms with Gasteiger partial charge in [0.25, 0.3) is 0 Å². The molecule has 2 N–H and O–H groups in total.